The fourth-order valence-corrected chi connectivity index (χ4v) is 3.02. The lowest BCUT2D eigenvalue weighted by molar-refractivity contribution is -0.115. The Hall–Kier alpha value is -3.41. The molecule has 0 spiro atoms. The SMILES string of the molecule is CCC(=O)Nc1c[nH]c2ccc(-c3cnn(-c4ccc(CC)nc4)c3)cc12. The zero-order valence-corrected chi connectivity index (χ0v) is 15.4. The predicted molar refractivity (Wildman–Crippen MR) is 107 cm³/mol. The van der Waals surface area contributed by atoms with E-state index in [1.165, 1.54) is 0 Å². The number of nitrogens with zero attached hydrogens (tertiary/aromatic N) is 3. The number of H-pyrrole nitrogens is 1. The van der Waals surface area contributed by atoms with Crippen LogP contribution in [-0.4, -0.2) is 25.7 Å². The third-order valence-corrected chi connectivity index (χ3v) is 4.63. The van der Waals surface area contributed by atoms with Crippen molar-refractivity contribution in [1.82, 2.24) is 19.7 Å². The van der Waals surface area contributed by atoms with Gasteiger partial charge in [0.2, 0.25) is 5.91 Å². The van der Waals surface area contributed by atoms with Gasteiger partial charge in [0.05, 0.1) is 23.8 Å². The van der Waals surface area contributed by atoms with Crippen LogP contribution in [0.4, 0.5) is 5.69 Å². The molecule has 0 atom stereocenters. The molecule has 1 amide bonds. The number of aromatic amines is 1. The fourth-order valence-electron chi connectivity index (χ4n) is 3.02. The summed E-state index contributed by atoms with van der Waals surface area (Å²) in [6, 6.07) is 10.2. The fraction of sp³-hybridized carbons (Fsp3) is 0.190. The molecule has 3 aromatic heterocycles. The van der Waals surface area contributed by atoms with Crippen molar-refractivity contribution in [3.8, 4) is 16.8 Å². The summed E-state index contributed by atoms with van der Waals surface area (Å²) in [7, 11) is 0. The molecule has 4 aromatic rings. The number of hydrogen-bond donors (Lipinski definition) is 2. The number of carbonyl (C=O) groups excluding carboxylic acids is 1. The van der Waals surface area contributed by atoms with Crippen LogP contribution in [0.25, 0.3) is 27.7 Å². The second-order valence-electron chi connectivity index (χ2n) is 6.40. The summed E-state index contributed by atoms with van der Waals surface area (Å²) >= 11 is 0. The summed E-state index contributed by atoms with van der Waals surface area (Å²) in [5.41, 5.74) is 5.81. The van der Waals surface area contributed by atoms with E-state index in [1.807, 2.05) is 60.7 Å². The molecule has 2 N–H and O–H groups in total. The van der Waals surface area contributed by atoms with E-state index in [9.17, 15) is 4.79 Å². The van der Waals surface area contributed by atoms with E-state index in [-0.39, 0.29) is 5.91 Å². The lowest BCUT2D eigenvalue weighted by Gasteiger charge is -2.03. The number of benzene rings is 1. The normalized spacial score (nSPS) is 11.0. The van der Waals surface area contributed by atoms with Crippen LogP contribution in [0.1, 0.15) is 26.0 Å². The molecule has 0 saturated heterocycles. The van der Waals surface area contributed by atoms with Crippen LogP contribution >= 0.6 is 0 Å². The van der Waals surface area contributed by atoms with Crippen molar-refractivity contribution in [2.24, 2.45) is 0 Å². The molecule has 0 fully saturated rings. The Morgan fingerprint density at radius 2 is 2.04 bits per heavy atom. The van der Waals surface area contributed by atoms with E-state index in [4.69, 9.17) is 0 Å². The standard InChI is InChI=1S/C21H21N5O/c1-3-16-6-7-17(11-22-16)26-13-15(10-24-26)14-5-8-19-18(9-14)20(12-23-19)25-21(27)4-2/h5-13,23H,3-4H2,1-2H3,(H,25,27). The Morgan fingerprint density at radius 3 is 2.78 bits per heavy atom. The Kier molecular flexibility index (Phi) is 4.46. The van der Waals surface area contributed by atoms with Crippen LogP contribution < -0.4 is 5.32 Å². The first-order chi connectivity index (χ1) is 13.2. The molecule has 136 valence electrons. The first kappa shape index (κ1) is 17.0. The molecule has 0 saturated carbocycles. The Labute approximate surface area is 157 Å². The number of aryl methyl sites for hydroxylation is 1. The molecule has 6 nitrogen and oxygen atoms in total. The molecule has 0 bridgehead atoms. The lowest BCUT2D eigenvalue weighted by atomic mass is 10.1. The third-order valence-electron chi connectivity index (χ3n) is 4.63. The number of amides is 1. The van der Waals surface area contributed by atoms with Crippen molar-refractivity contribution in [3.63, 3.8) is 0 Å². The minimum Gasteiger partial charge on any atom is -0.359 e. The number of fused-ring (bicyclic) bond motifs is 1. The lowest BCUT2D eigenvalue weighted by Crippen LogP contribution is -2.08. The zero-order valence-electron chi connectivity index (χ0n) is 15.4. The first-order valence-electron chi connectivity index (χ1n) is 9.09. The summed E-state index contributed by atoms with van der Waals surface area (Å²) < 4.78 is 1.82. The number of carbonyl (C=O) groups is 1. The van der Waals surface area contributed by atoms with Crippen LogP contribution in [0.15, 0.2) is 55.1 Å². The molecule has 0 aliphatic carbocycles. The molecule has 3 heterocycles. The average Bonchev–Trinajstić information content (AvgIpc) is 3.35. The second kappa shape index (κ2) is 7.07. The number of rotatable bonds is 5. The maximum atomic E-state index is 11.7. The van der Waals surface area contributed by atoms with Gasteiger partial charge in [0, 0.05) is 41.0 Å². The van der Waals surface area contributed by atoms with E-state index in [0.29, 0.717) is 6.42 Å². The van der Waals surface area contributed by atoms with Crippen molar-refractivity contribution < 1.29 is 4.79 Å². The summed E-state index contributed by atoms with van der Waals surface area (Å²) in [6.45, 7) is 3.92. The van der Waals surface area contributed by atoms with E-state index in [1.54, 1.807) is 0 Å². The van der Waals surface area contributed by atoms with Gasteiger partial charge in [-0.25, -0.2) is 4.68 Å². The summed E-state index contributed by atoms with van der Waals surface area (Å²) in [5.74, 6) is -0.00264. The molecular weight excluding hydrogens is 338 g/mol. The maximum absolute atomic E-state index is 11.7. The average molecular weight is 359 g/mol. The van der Waals surface area contributed by atoms with Gasteiger partial charge in [-0.3, -0.25) is 9.78 Å². The molecule has 0 radical (unpaired) electrons. The Bertz CT molecular complexity index is 1090. The molecule has 4 rings (SSSR count). The molecule has 0 unspecified atom stereocenters. The van der Waals surface area contributed by atoms with Gasteiger partial charge >= 0.3 is 0 Å². The molecule has 27 heavy (non-hydrogen) atoms. The smallest absolute Gasteiger partial charge is 0.224 e. The van der Waals surface area contributed by atoms with E-state index in [2.05, 4.69) is 33.4 Å². The van der Waals surface area contributed by atoms with Crippen LogP contribution in [0.2, 0.25) is 0 Å². The highest BCUT2D eigenvalue weighted by molar-refractivity contribution is 6.02. The van der Waals surface area contributed by atoms with Gasteiger partial charge in [-0.15, -0.1) is 0 Å². The van der Waals surface area contributed by atoms with Crippen LogP contribution in [0.5, 0.6) is 0 Å². The van der Waals surface area contributed by atoms with Crippen LogP contribution in [0, 0.1) is 0 Å². The highest BCUT2D eigenvalue weighted by atomic mass is 16.1. The third kappa shape index (κ3) is 3.33. The van der Waals surface area contributed by atoms with Gasteiger partial charge in [-0.2, -0.15) is 5.10 Å². The van der Waals surface area contributed by atoms with Gasteiger partial charge in [0.1, 0.15) is 0 Å². The van der Waals surface area contributed by atoms with Crippen molar-refractivity contribution in [1.29, 1.82) is 0 Å². The van der Waals surface area contributed by atoms with E-state index < -0.39 is 0 Å². The van der Waals surface area contributed by atoms with Gasteiger partial charge in [0.15, 0.2) is 0 Å². The summed E-state index contributed by atoms with van der Waals surface area (Å²) in [5, 5.41) is 8.39. The first-order valence-corrected chi connectivity index (χ1v) is 9.09. The topological polar surface area (TPSA) is 75.6 Å². The van der Waals surface area contributed by atoms with Crippen LogP contribution in [0.3, 0.4) is 0 Å². The maximum Gasteiger partial charge on any atom is 0.224 e. The van der Waals surface area contributed by atoms with Crippen LogP contribution in [-0.2, 0) is 11.2 Å². The predicted octanol–water partition coefficient (Wildman–Crippen LogP) is 4.33. The van der Waals surface area contributed by atoms with Crippen molar-refractivity contribution in [2.75, 3.05) is 5.32 Å². The van der Waals surface area contributed by atoms with E-state index in [0.717, 1.165) is 45.5 Å². The quantitative estimate of drug-likeness (QED) is 0.557. The number of aromatic nitrogens is 4. The molecular formula is C21H21N5O. The van der Waals surface area contributed by atoms with Gasteiger partial charge in [-0.1, -0.05) is 19.9 Å². The number of nitrogens with one attached hydrogen (secondary N) is 2. The van der Waals surface area contributed by atoms with Crippen molar-refractivity contribution in [3.05, 3.63) is 60.8 Å². The highest BCUT2D eigenvalue weighted by Gasteiger charge is 2.10. The molecule has 0 aliphatic rings. The zero-order chi connectivity index (χ0) is 18.8. The monoisotopic (exact) mass is 359 g/mol. The minimum absolute atomic E-state index is 0.00264. The summed E-state index contributed by atoms with van der Waals surface area (Å²) in [6.07, 6.45) is 8.85. The summed E-state index contributed by atoms with van der Waals surface area (Å²) in [4.78, 5) is 19.4. The minimum atomic E-state index is -0.00264. The number of hydrogen-bond acceptors (Lipinski definition) is 3. The molecule has 1 aromatic carbocycles. The highest BCUT2D eigenvalue weighted by Crippen LogP contribution is 2.29. The number of anilines is 1. The largest absolute Gasteiger partial charge is 0.359 e. The van der Waals surface area contributed by atoms with Gasteiger partial charge in [-0.05, 0) is 36.2 Å². The van der Waals surface area contributed by atoms with Crippen molar-refractivity contribution in [2.45, 2.75) is 26.7 Å². The van der Waals surface area contributed by atoms with Gasteiger partial charge in [0.25, 0.3) is 0 Å². The molecule has 6 heteroatoms. The second-order valence-corrected chi connectivity index (χ2v) is 6.40. The van der Waals surface area contributed by atoms with E-state index >= 15 is 0 Å². The molecule has 0 aliphatic heterocycles. The Balaban J connectivity index is 1.67. The Morgan fingerprint density at radius 1 is 1.15 bits per heavy atom. The van der Waals surface area contributed by atoms with Crippen molar-refractivity contribution >= 4 is 22.5 Å². The number of pyridine rings is 1. The van der Waals surface area contributed by atoms with Gasteiger partial charge < -0.3 is 10.3 Å².